The maximum atomic E-state index is 6.04. The van der Waals surface area contributed by atoms with Gasteiger partial charge in [-0.1, -0.05) is 54.1 Å². The van der Waals surface area contributed by atoms with Gasteiger partial charge in [0, 0.05) is 17.8 Å². The second-order valence-electron chi connectivity index (χ2n) is 6.76. The van der Waals surface area contributed by atoms with Gasteiger partial charge in [0.05, 0.1) is 13.1 Å². The maximum Gasteiger partial charge on any atom is 0.191 e. The van der Waals surface area contributed by atoms with Gasteiger partial charge in [-0.05, 0) is 47.9 Å². The fourth-order valence-corrected chi connectivity index (χ4v) is 3.38. The fraction of sp³-hybridized carbons (Fsp3) is 0.174. The standard InChI is InChI=1S/C23H23ClN6/c1-2-25-23(27-16-22-29-28-21-9-5-6-14-30(21)22)26-15-18-7-3-4-8-20(18)17-10-12-19(24)13-11-17/h3-14H,2,15-16H2,1H3,(H2,25,26,27). The molecule has 0 aliphatic carbocycles. The van der Waals surface area contributed by atoms with Crippen LogP contribution in [0.1, 0.15) is 18.3 Å². The number of fused-ring (bicyclic) bond motifs is 1. The number of nitrogens with one attached hydrogen (secondary N) is 2. The molecule has 2 heterocycles. The zero-order chi connectivity index (χ0) is 20.8. The Kier molecular flexibility index (Phi) is 6.25. The van der Waals surface area contributed by atoms with Crippen LogP contribution in [-0.2, 0) is 13.1 Å². The van der Waals surface area contributed by atoms with E-state index >= 15 is 0 Å². The summed E-state index contributed by atoms with van der Waals surface area (Å²) in [5, 5.41) is 15.8. The summed E-state index contributed by atoms with van der Waals surface area (Å²) in [5.74, 6) is 1.56. The lowest BCUT2D eigenvalue weighted by Gasteiger charge is -2.12. The Bertz CT molecular complexity index is 1150. The van der Waals surface area contributed by atoms with Gasteiger partial charge >= 0.3 is 0 Å². The van der Waals surface area contributed by atoms with Gasteiger partial charge in [0.2, 0.25) is 0 Å². The highest BCUT2D eigenvalue weighted by molar-refractivity contribution is 6.30. The van der Waals surface area contributed by atoms with E-state index in [9.17, 15) is 0 Å². The van der Waals surface area contributed by atoms with Crippen LogP contribution in [0, 0.1) is 0 Å². The first-order valence-electron chi connectivity index (χ1n) is 9.89. The quantitative estimate of drug-likeness (QED) is 0.362. The summed E-state index contributed by atoms with van der Waals surface area (Å²) >= 11 is 6.04. The van der Waals surface area contributed by atoms with Gasteiger partial charge in [-0.25, -0.2) is 4.99 Å². The third-order valence-electron chi connectivity index (χ3n) is 4.72. The molecule has 2 aromatic heterocycles. The van der Waals surface area contributed by atoms with E-state index < -0.39 is 0 Å². The van der Waals surface area contributed by atoms with Crippen LogP contribution in [-0.4, -0.2) is 27.1 Å². The van der Waals surface area contributed by atoms with E-state index in [1.807, 2.05) is 72.1 Å². The van der Waals surface area contributed by atoms with Gasteiger partial charge in [0.15, 0.2) is 17.4 Å². The summed E-state index contributed by atoms with van der Waals surface area (Å²) in [6.07, 6.45) is 1.96. The second kappa shape index (κ2) is 9.41. The van der Waals surface area contributed by atoms with Crippen LogP contribution in [0.2, 0.25) is 5.02 Å². The highest BCUT2D eigenvalue weighted by atomic mass is 35.5. The number of nitrogens with zero attached hydrogens (tertiary/aromatic N) is 4. The van der Waals surface area contributed by atoms with Gasteiger partial charge in [-0.2, -0.15) is 0 Å². The van der Waals surface area contributed by atoms with Crippen molar-refractivity contribution in [1.29, 1.82) is 0 Å². The number of benzene rings is 2. The molecule has 0 spiro atoms. The van der Waals surface area contributed by atoms with E-state index in [0.29, 0.717) is 13.1 Å². The first kappa shape index (κ1) is 19.9. The van der Waals surface area contributed by atoms with E-state index in [1.54, 1.807) is 0 Å². The number of rotatable bonds is 6. The predicted molar refractivity (Wildman–Crippen MR) is 122 cm³/mol. The molecule has 2 aromatic carbocycles. The van der Waals surface area contributed by atoms with Crippen molar-refractivity contribution in [2.45, 2.75) is 20.0 Å². The minimum atomic E-state index is 0.524. The average molecular weight is 419 g/mol. The van der Waals surface area contributed by atoms with Crippen LogP contribution in [0.15, 0.2) is 77.9 Å². The summed E-state index contributed by atoms with van der Waals surface area (Å²) in [6.45, 7) is 3.89. The highest BCUT2D eigenvalue weighted by Crippen LogP contribution is 2.25. The lowest BCUT2D eigenvalue weighted by Crippen LogP contribution is -2.37. The Morgan fingerprint density at radius 3 is 2.60 bits per heavy atom. The van der Waals surface area contributed by atoms with Crippen molar-refractivity contribution < 1.29 is 0 Å². The Morgan fingerprint density at radius 1 is 0.967 bits per heavy atom. The average Bonchev–Trinajstić information content (AvgIpc) is 3.20. The van der Waals surface area contributed by atoms with Crippen LogP contribution in [0.4, 0.5) is 0 Å². The van der Waals surface area contributed by atoms with E-state index in [0.717, 1.165) is 45.7 Å². The monoisotopic (exact) mass is 418 g/mol. The first-order valence-corrected chi connectivity index (χ1v) is 10.3. The van der Waals surface area contributed by atoms with E-state index in [1.165, 1.54) is 0 Å². The minimum absolute atomic E-state index is 0.524. The number of pyridine rings is 1. The topological polar surface area (TPSA) is 66.6 Å². The third kappa shape index (κ3) is 4.60. The molecule has 0 fully saturated rings. The molecule has 0 bridgehead atoms. The molecule has 2 N–H and O–H groups in total. The van der Waals surface area contributed by atoms with Gasteiger partial charge < -0.3 is 10.6 Å². The van der Waals surface area contributed by atoms with Gasteiger partial charge in [-0.3, -0.25) is 4.40 Å². The summed E-state index contributed by atoms with van der Waals surface area (Å²) in [6, 6.07) is 22.0. The first-order chi connectivity index (χ1) is 14.7. The van der Waals surface area contributed by atoms with Crippen molar-refractivity contribution in [2.75, 3.05) is 6.54 Å². The number of aliphatic imine (C=N–C) groups is 1. The molecule has 152 valence electrons. The molecule has 0 amide bonds. The largest absolute Gasteiger partial charge is 0.357 e. The molecule has 0 aliphatic rings. The Labute approximate surface area is 180 Å². The molecule has 0 atom stereocenters. The molecule has 0 unspecified atom stereocenters. The Hall–Kier alpha value is -3.38. The number of aromatic nitrogens is 3. The molecule has 0 saturated carbocycles. The predicted octanol–water partition coefficient (Wildman–Crippen LogP) is 4.31. The van der Waals surface area contributed by atoms with Crippen LogP contribution in [0.25, 0.3) is 16.8 Å². The van der Waals surface area contributed by atoms with E-state index in [2.05, 4.69) is 33.0 Å². The summed E-state index contributed by atoms with van der Waals surface area (Å²) < 4.78 is 1.96. The van der Waals surface area contributed by atoms with Gasteiger partial charge in [0.1, 0.15) is 0 Å². The van der Waals surface area contributed by atoms with Crippen molar-refractivity contribution in [3.05, 3.63) is 89.3 Å². The molecule has 0 aliphatic heterocycles. The molecular weight excluding hydrogens is 396 g/mol. The number of hydrogen-bond donors (Lipinski definition) is 2. The molecule has 6 nitrogen and oxygen atoms in total. The Morgan fingerprint density at radius 2 is 1.77 bits per heavy atom. The van der Waals surface area contributed by atoms with Crippen molar-refractivity contribution in [3.63, 3.8) is 0 Å². The molecule has 4 rings (SSSR count). The molecule has 4 aromatic rings. The summed E-state index contributed by atoms with van der Waals surface area (Å²) in [5.41, 5.74) is 4.24. The lowest BCUT2D eigenvalue weighted by atomic mass is 10.00. The second-order valence-corrected chi connectivity index (χ2v) is 7.19. The van der Waals surface area contributed by atoms with Crippen LogP contribution < -0.4 is 10.6 Å². The van der Waals surface area contributed by atoms with Gasteiger partial charge in [0.25, 0.3) is 0 Å². The van der Waals surface area contributed by atoms with E-state index in [-0.39, 0.29) is 0 Å². The molecule has 7 heteroatoms. The number of hydrogen-bond acceptors (Lipinski definition) is 3. The lowest BCUT2D eigenvalue weighted by molar-refractivity contribution is 0.765. The van der Waals surface area contributed by atoms with Crippen molar-refractivity contribution >= 4 is 23.2 Å². The fourth-order valence-electron chi connectivity index (χ4n) is 3.25. The van der Waals surface area contributed by atoms with E-state index in [4.69, 9.17) is 16.6 Å². The van der Waals surface area contributed by atoms with Crippen LogP contribution in [0.3, 0.4) is 0 Å². The number of guanidine groups is 1. The number of halogens is 1. The molecular formula is C23H23ClN6. The Balaban J connectivity index is 1.51. The zero-order valence-electron chi connectivity index (χ0n) is 16.7. The third-order valence-corrected chi connectivity index (χ3v) is 4.97. The SMILES string of the molecule is CCNC(=NCc1ccccc1-c1ccc(Cl)cc1)NCc1nnc2ccccn12. The normalized spacial score (nSPS) is 11.6. The van der Waals surface area contributed by atoms with Crippen molar-refractivity contribution in [3.8, 4) is 11.1 Å². The zero-order valence-corrected chi connectivity index (χ0v) is 17.5. The van der Waals surface area contributed by atoms with Crippen molar-refractivity contribution in [1.82, 2.24) is 25.2 Å². The van der Waals surface area contributed by atoms with Crippen LogP contribution in [0.5, 0.6) is 0 Å². The summed E-state index contributed by atoms with van der Waals surface area (Å²) in [7, 11) is 0. The smallest absolute Gasteiger partial charge is 0.191 e. The van der Waals surface area contributed by atoms with Gasteiger partial charge in [-0.15, -0.1) is 10.2 Å². The molecule has 0 radical (unpaired) electrons. The maximum absolute atomic E-state index is 6.04. The van der Waals surface area contributed by atoms with Crippen LogP contribution >= 0.6 is 11.6 Å². The minimum Gasteiger partial charge on any atom is -0.357 e. The molecule has 30 heavy (non-hydrogen) atoms. The van der Waals surface area contributed by atoms with Crippen molar-refractivity contribution in [2.24, 2.45) is 4.99 Å². The highest BCUT2D eigenvalue weighted by Gasteiger charge is 2.07. The summed E-state index contributed by atoms with van der Waals surface area (Å²) in [4.78, 5) is 4.78. The molecule has 0 saturated heterocycles.